The molecule has 0 spiro atoms. The van der Waals surface area contributed by atoms with Crippen LogP contribution in [0.5, 0.6) is 5.75 Å². The van der Waals surface area contributed by atoms with E-state index in [0.29, 0.717) is 6.54 Å². The summed E-state index contributed by atoms with van der Waals surface area (Å²) < 4.78 is 5.71. The van der Waals surface area contributed by atoms with Crippen molar-refractivity contribution >= 4 is 5.91 Å². The third kappa shape index (κ3) is 6.17. The lowest BCUT2D eigenvalue weighted by molar-refractivity contribution is -0.131. The molecule has 0 bridgehead atoms. The molecule has 118 valence electrons. The van der Waals surface area contributed by atoms with Gasteiger partial charge in [-0.25, -0.2) is 0 Å². The van der Waals surface area contributed by atoms with Crippen molar-refractivity contribution in [1.29, 1.82) is 0 Å². The number of hydrogen-bond acceptors (Lipinski definition) is 3. The Morgan fingerprint density at radius 1 is 1.33 bits per heavy atom. The highest BCUT2D eigenvalue weighted by Crippen LogP contribution is 2.21. The van der Waals surface area contributed by atoms with E-state index >= 15 is 0 Å². The van der Waals surface area contributed by atoms with Crippen molar-refractivity contribution in [2.45, 2.75) is 46.7 Å². The number of nitrogens with one attached hydrogen (secondary N) is 1. The van der Waals surface area contributed by atoms with Gasteiger partial charge in [-0.2, -0.15) is 0 Å². The highest BCUT2D eigenvalue weighted by molar-refractivity contribution is 5.77. The second kappa shape index (κ2) is 7.46. The van der Waals surface area contributed by atoms with E-state index in [2.05, 4.69) is 39.1 Å². The summed E-state index contributed by atoms with van der Waals surface area (Å²) in [4.78, 5) is 13.5. The average Bonchev–Trinajstić information content (AvgIpc) is 2.41. The fourth-order valence-corrected chi connectivity index (χ4v) is 1.77. The van der Waals surface area contributed by atoms with Crippen LogP contribution in [0.3, 0.4) is 0 Å². The van der Waals surface area contributed by atoms with Crippen LogP contribution in [0, 0.1) is 6.92 Å². The minimum absolute atomic E-state index is 0.00666. The van der Waals surface area contributed by atoms with E-state index in [1.807, 2.05) is 19.1 Å². The number of nitrogens with zero attached hydrogens (tertiary/aromatic N) is 1. The van der Waals surface area contributed by atoms with E-state index in [-0.39, 0.29) is 18.1 Å². The molecule has 0 radical (unpaired) electrons. The topological polar surface area (TPSA) is 41.6 Å². The van der Waals surface area contributed by atoms with Gasteiger partial charge in [-0.15, -0.1) is 0 Å². The minimum atomic E-state index is -0.00666. The molecule has 4 nitrogen and oxygen atoms in total. The van der Waals surface area contributed by atoms with E-state index < -0.39 is 0 Å². The summed E-state index contributed by atoms with van der Waals surface area (Å²) >= 11 is 0. The summed E-state index contributed by atoms with van der Waals surface area (Å²) in [6.45, 7) is 11.9. The summed E-state index contributed by atoms with van der Waals surface area (Å²) in [5, 5.41) is 3.45. The Hall–Kier alpha value is -1.55. The van der Waals surface area contributed by atoms with Crippen LogP contribution in [0.2, 0.25) is 0 Å². The van der Waals surface area contributed by atoms with E-state index in [9.17, 15) is 4.79 Å². The molecule has 0 unspecified atom stereocenters. The first-order chi connectivity index (χ1) is 9.73. The maximum Gasteiger partial charge on any atom is 0.260 e. The van der Waals surface area contributed by atoms with Crippen LogP contribution in [0.4, 0.5) is 0 Å². The average molecular weight is 292 g/mol. The number of carbonyl (C=O) groups is 1. The standard InChI is InChI=1S/C17H28N2O2/c1-7-19(6)16(20)12-21-15-9-8-13(2)10-14(15)11-18-17(3,4)5/h8-10,18H,7,11-12H2,1-6H3. The predicted molar refractivity (Wildman–Crippen MR) is 86.6 cm³/mol. The van der Waals surface area contributed by atoms with Crippen LogP contribution in [-0.2, 0) is 11.3 Å². The van der Waals surface area contributed by atoms with Gasteiger partial charge in [-0.05, 0) is 40.7 Å². The summed E-state index contributed by atoms with van der Waals surface area (Å²) in [6.07, 6.45) is 0. The lowest BCUT2D eigenvalue weighted by Crippen LogP contribution is -2.35. The number of rotatable bonds is 6. The van der Waals surface area contributed by atoms with Crippen LogP contribution in [-0.4, -0.2) is 36.5 Å². The molecule has 0 aliphatic rings. The second-order valence-electron chi connectivity index (χ2n) is 6.41. The van der Waals surface area contributed by atoms with Crippen molar-refractivity contribution in [3.05, 3.63) is 29.3 Å². The van der Waals surface area contributed by atoms with Crippen LogP contribution in [0.15, 0.2) is 18.2 Å². The number of benzene rings is 1. The molecule has 1 aromatic rings. The SMILES string of the molecule is CCN(C)C(=O)COc1ccc(C)cc1CNC(C)(C)C. The largest absolute Gasteiger partial charge is 0.483 e. The van der Waals surface area contributed by atoms with Crippen molar-refractivity contribution < 1.29 is 9.53 Å². The maximum atomic E-state index is 11.8. The number of likely N-dealkylation sites (N-methyl/N-ethyl adjacent to an activating group) is 1. The minimum Gasteiger partial charge on any atom is -0.483 e. The number of amides is 1. The highest BCUT2D eigenvalue weighted by atomic mass is 16.5. The second-order valence-corrected chi connectivity index (χ2v) is 6.41. The smallest absolute Gasteiger partial charge is 0.260 e. The zero-order chi connectivity index (χ0) is 16.0. The van der Waals surface area contributed by atoms with Crippen LogP contribution in [0.1, 0.15) is 38.8 Å². The van der Waals surface area contributed by atoms with Gasteiger partial charge in [0.2, 0.25) is 0 Å². The fourth-order valence-electron chi connectivity index (χ4n) is 1.77. The van der Waals surface area contributed by atoms with Crippen molar-refractivity contribution in [2.24, 2.45) is 0 Å². The number of aryl methyl sites for hydroxylation is 1. The van der Waals surface area contributed by atoms with Crippen LogP contribution < -0.4 is 10.1 Å². The van der Waals surface area contributed by atoms with E-state index in [0.717, 1.165) is 17.9 Å². The number of carbonyl (C=O) groups excluding carboxylic acids is 1. The highest BCUT2D eigenvalue weighted by Gasteiger charge is 2.13. The van der Waals surface area contributed by atoms with Gasteiger partial charge in [0.1, 0.15) is 5.75 Å². The van der Waals surface area contributed by atoms with Crippen LogP contribution in [0.25, 0.3) is 0 Å². The summed E-state index contributed by atoms with van der Waals surface area (Å²) in [5.41, 5.74) is 2.31. The van der Waals surface area contributed by atoms with Gasteiger partial charge in [0.05, 0.1) is 0 Å². The molecular formula is C17H28N2O2. The van der Waals surface area contributed by atoms with Crippen LogP contribution >= 0.6 is 0 Å². The fraction of sp³-hybridized carbons (Fsp3) is 0.588. The third-order valence-corrected chi connectivity index (χ3v) is 3.28. The van der Waals surface area contributed by atoms with Gasteiger partial charge in [0.15, 0.2) is 6.61 Å². The Morgan fingerprint density at radius 3 is 2.57 bits per heavy atom. The summed E-state index contributed by atoms with van der Waals surface area (Å²) in [5.74, 6) is 0.767. The molecule has 0 aliphatic carbocycles. The molecule has 0 saturated heterocycles. The monoisotopic (exact) mass is 292 g/mol. The Kier molecular flexibility index (Phi) is 6.21. The Labute approximate surface area is 128 Å². The molecule has 0 atom stereocenters. The lowest BCUT2D eigenvalue weighted by Gasteiger charge is -2.22. The molecule has 0 saturated carbocycles. The third-order valence-electron chi connectivity index (χ3n) is 3.28. The van der Waals surface area contributed by atoms with E-state index in [4.69, 9.17) is 4.74 Å². The number of ether oxygens (including phenoxy) is 1. The molecule has 1 N–H and O–H groups in total. The molecular weight excluding hydrogens is 264 g/mol. The zero-order valence-electron chi connectivity index (χ0n) is 14.1. The van der Waals surface area contributed by atoms with Gasteiger partial charge in [0.25, 0.3) is 5.91 Å². The van der Waals surface area contributed by atoms with Crippen molar-refractivity contribution in [2.75, 3.05) is 20.2 Å². The molecule has 1 amide bonds. The van der Waals surface area contributed by atoms with Gasteiger partial charge < -0.3 is 15.0 Å². The normalized spacial score (nSPS) is 11.3. The van der Waals surface area contributed by atoms with E-state index in [1.54, 1.807) is 11.9 Å². The summed E-state index contributed by atoms with van der Waals surface area (Å²) in [6, 6.07) is 6.04. The van der Waals surface area contributed by atoms with Crippen molar-refractivity contribution in [3.8, 4) is 5.75 Å². The lowest BCUT2D eigenvalue weighted by atomic mass is 10.1. The van der Waals surface area contributed by atoms with Gasteiger partial charge in [0, 0.05) is 31.2 Å². The summed E-state index contributed by atoms with van der Waals surface area (Å²) in [7, 11) is 1.78. The Bertz CT molecular complexity index is 478. The predicted octanol–water partition coefficient (Wildman–Crippen LogP) is 2.74. The Balaban J connectivity index is 2.75. The van der Waals surface area contributed by atoms with Gasteiger partial charge >= 0.3 is 0 Å². The van der Waals surface area contributed by atoms with Crippen molar-refractivity contribution in [1.82, 2.24) is 10.2 Å². The van der Waals surface area contributed by atoms with Crippen molar-refractivity contribution in [3.63, 3.8) is 0 Å². The Morgan fingerprint density at radius 2 is 2.00 bits per heavy atom. The molecule has 0 aliphatic heterocycles. The van der Waals surface area contributed by atoms with Gasteiger partial charge in [-0.3, -0.25) is 4.79 Å². The first-order valence-corrected chi connectivity index (χ1v) is 7.44. The molecule has 1 aromatic carbocycles. The maximum absolute atomic E-state index is 11.8. The molecule has 21 heavy (non-hydrogen) atoms. The zero-order valence-corrected chi connectivity index (χ0v) is 14.1. The molecule has 0 fully saturated rings. The van der Waals surface area contributed by atoms with Gasteiger partial charge in [-0.1, -0.05) is 17.7 Å². The quantitative estimate of drug-likeness (QED) is 0.876. The first-order valence-electron chi connectivity index (χ1n) is 7.44. The first kappa shape index (κ1) is 17.5. The molecule has 4 heteroatoms. The molecule has 0 heterocycles. The molecule has 1 rings (SSSR count). The molecule has 0 aromatic heterocycles. The number of hydrogen-bond donors (Lipinski definition) is 1. The van der Waals surface area contributed by atoms with E-state index in [1.165, 1.54) is 5.56 Å².